The minimum Gasteiger partial charge on any atom is -0.368 e. The summed E-state index contributed by atoms with van der Waals surface area (Å²) in [6, 6.07) is 0. The molecule has 7 heteroatoms. The Morgan fingerprint density at radius 1 is 1.23 bits per heavy atom. The van der Waals surface area contributed by atoms with Crippen LogP contribution in [0.5, 0.6) is 0 Å². The maximum absolute atomic E-state index is 12.8. The van der Waals surface area contributed by atoms with Gasteiger partial charge in [0.2, 0.25) is 5.95 Å². The second kappa shape index (κ2) is 3.23. The minimum atomic E-state index is -3.18. The van der Waals surface area contributed by atoms with Crippen LogP contribution in [0.4, 0.5) is 14.7 Å². The smallest absolute Gasteiger partial charge is 0.276 e. The first kappa shape index (κ1) is 10.4. The SMILES string of the molecule is CC(F)(F)c1c(Cl)nc(N)nc1Cl. The van der Waals surface area contributed by atoms with Gasteiger partial charge in [-0.3, -0.25) is 0 Å². The number of hydrogen-bond acceptors (Lipinski definition) is 3. The van der Waals surface area contributed by atoms with Crippen LogP contribution < -0.4 is 5.73 Å². The number of rotatable bonds is 1. The normalized spacial score (nSPS) is 11.8. The first-order chi connectivity index (χ1) is 5.82. The van der Waals surface area contributed by atoms with Gasteiger partial charge in [-0.15, -0.1) is 0 Å². The zero-order valence-corrected chi connectivity index (χ0v) is 8.00. The molecule has 2 N–H and O–H groups in total. The maximum atomic E-state index is 12.8. The summed E-state index contributed by atoms with van der Waals surface area (Å²) in [5.41, 5.74) is 4.53. The van der Waals surface area contributed by atoms with E-state index in [9.17, 15) is 8.78 Å². The lowest BCUT2D eigenvalue weighted by Crippen LogP contribution is -2.12. The Balaban J connectivity index is 3.38. The molecule has 0 aliphatic heterocycles. The van der Waals surface area contributed by atoms with E-state index in [1.165, 1.54) is 0 Å². The predicted octanol–water partition coefficient (Wildman–Crippen LogP) is 2.48. The zero-order valence-electron chi connectivity index (χ0n) is 6.48. The van der Waals surface area contributed by atoms with Gasteiger partial charge in [0.15, 0.2) is 0 Å². The van der Waals surface area contributed by atoms with Crippen LogP contribution >= 0.6 is 23.2 Å². The van der Waals surface area contributed by atoms with E-state index >= 15 is 0 Å². The maximum Gasteiger partial charge on any atom is 0.276 e. The molecule has 0 saturated carbocycles. The molecule has 0 aromatic carbocycles. The topological polar surface area (TPSA) is 51.8 Å². The molecular formula is C6H5Cl2F2N3. The Kier molecular flexibility index (Phi) is 2.58. The van der Waals surface area contributed by atoms with E-state index in [0.29, 0.717) is 6.92 Å². The zero-order chi connectivity index (χ0) is 10.2. The molecule has 0 radical (unpaired) electrons. The Labute approximate surface area is 82.9 Å². The van der Waals surface area contributed by atoms with Crippen molar-refractivity contribution in [2.75, 3.05) is 5.73 Å². The summed E-state index contributed by atoms with van der Waals surface area (Å²) in [5.74, 6) is -3.41. The molecule has 1 aromatic heterocycles. The Morgan fingerprint density at radius 3 is 1.92 bits per heavy atom. The number of alkyl halides is 2. The average Bonchev–Trinajstić information content (AvgIpc) is 1.78. The molecule has 3 nitrogen and oxygen atoms in total. The van der Waals surface area contributed by atoms with E-state index in [1.54, 1.807) is 0 Å². The van der Waals surface area contributed by atoms with Crippen LogP contribution in [0.2, 0.25) is 10.3 Å². The molecule has 0 atom stereocenters. The minimum absolute atomic E-state index is 0.233. The molecule has 13 heavy (non-hydrogen) atoms. The van der Waals surface area contributed by atoms with E-state index in [0.717, 1.165) is 0 Å². The van der Waals surface area contributed by atoms with Crippen molar-refractivity contribution in [3.05, 3.63) is 15.9 Å². The molecule has 0 fully saturated rings. The molecular weight excluding hydrogens is 223 g/mol. The fourth-order valence-corrected chi connectivity index (χ4v) is 1.52. The second-order valence-corrected chi connectivity index (χ2v) is 3.14. The highest BCUT2D eigenvalue weighted by Gasteiger charge is 2.32. The van der Waals surface area contributed by atoms with Gasteiger partial charge < -0.3 is 5.73 Å². The molecule has 0 bridgehead atoms. The van der Waals surface area contributed by atoms with Gasteiger partial charge >= 0.3 is 0 Å². The van der Waals surface area contributed by atoms with E-state index < -0.39 is 21.8 Å². The fraction of sp³-hybridized carbons (Fsp3) is 0.333. The lowest BCUT2D eigenvalue weighted by atomic mass is 10.2. The van der Waals surface area contributed by atoms with Gasteiger partial charge in [-0.1, -0.05) is 23.2 Å². The molecule has 0 amide bonds. The van der Waals surface area contributed by atoms with Gasteiger partial charge in [-0.05, 0) is 0 Å². The van der Waals surface area contributed by atoms with Crippen molar-refractivity contribution in [1.82, 2.24) is 9.97 Å². The third-order valence-corrected chi connectivity index (χ3v) is 1.82. The molecule has 72 valence electrons. The van der Waals surface area contributed by atoms with E-state index in [-0.39, 0.29) is 5.95 Å². The van der Waals surface area contributed by atoms with Crippen LogP contribution in [0, 0.1) is 0 Å². The standard InChI is InChI=1S/C6H5Cl2F2N3/c1-6(9,10)2-3(7)12-5(11)13-4(2)8/h1H3,(H2,11,12,13). The first-order valence-corrected chi connectivity index (χ1v) is 3.94. The third-order valence-electron chi connectivity index (χ3n) is 1.28. The van der Waals surface area contributed by atoms with Crippen molar-refractivity contribution in [2.24, 2.45) is 0 Å². The molecule has 0 spiro atoms. The summed E-state index contributed by atoms with van der Waals surface area (Å²) in [6.45, 7) is 0.652. The predicted molar refractivity (Wildman–Crippen MR) is 46.0 cm³/mol. The van der Waals surface area contributed by atoms with Crippen LogP contribution in [0.15, 0.2) is 0 Å². The second-order valence-electron chi connectivity index (χ2n) is 2.43. The lowest BCUT2D eigenvalue weighted by Gasteiger charge is -2.12. The molecule has 1 rings (SSSR count). The van der Waals surface area contributed by atoms with Gasteiger partial charge in [0.05, 0.1) is 5.56 Å². The highest BCUT2D eigenvalue weighted by atomic mass is 35.5. The first-order valence-electron chi connectivity index (χ1n) is 3.19. The van der Waals surface area contributed by atoms with Gasteiger partial charge in [-0.25, -0.2) is 18.7 Å². The van der Waals surface area contributed by atoms with Crippen molar-refractivity contribution < 1.29 is 8.78 Å². The van der Waals surface area contributed by atoms with E-state index in [2.05, 4.69) is 9.97 Å². The van der Waals surface area contributed by atoms with E-state index in [4.69, 9.17) is 28.9 Å². The molecule has 0 saturated heterocycles. The summed E-state index contributed by atoms with van der Waals surface area (Å²) in [5, 5.41) is -0.852. The number of nitrogens with two attached hydrogens (primary N) is 1. The number of nitrogens with zero attached hydrogens (tertiary/aromatic N) is 2. The van der Waals surface area contributed by atoms with Gasteiger partial charge in [0.25, 0.3) is 5.92 Å². The highest BCUT2D eigenvalue weighted by Crippen LogP contribution is 2.36. The largest absolute Gasteiger partial charge is 0.368 e. The van der Waals surface area contributed by atoms with Crippen molar-refractivity contribution in [1.29, 1.82) is 0 Å². The monoisotopic (exact) mass is 227 g/mol. The van der Waals surface area contributed by atoms with Gasteiger partial charge in [0.1, 0.15) is 10.3 Å². The van der Waals surface area contributed by atoms with Gasteiger partial charge in [0, 0.05) is 6.92 Å². The van der Waals surface area contributed by atoms with Crippen LogP contribution in [0.1, 0.15) is 12.5 Å². The number of hydrogen-bond donors (Lipinski definition) is 1. The van der Waals surface area contributed by atoms with E-state index in [1.807, 2.05) is 0 Å². The fourth-order valence-electron chi connectivity index (χ4n) is 0.785. The van der Waals surface area contributed by atoms with Crippen LogP contribution in [-0.2, 0) is 5.92 Å². The van der Waals surface area contributed by atoms with Crippen LogP contribution in [0.3, 0.4) is 0 Å². The van der Waals surface area contributed by atoms with Crippen molar-refractivity contribution in [2.45, 2.75) is 12.8 Å². The molecule has 1 heterocycles. The highest BCUT2D eigenvalue weighted by molar-refractivity contribution is 6.34. The Bertz CT molecular complexity index is 314. The Hall–Kier alpha value is -0.680. The third kappa shape index (κ3) is 2.16. The summed E-state index contributed by atoms with van der Waals surface area (Å²) >= 11 is 10.8. The average molecular weight is 228 g/mol. The molecule has 1 aromatic rings. The van der Waals surface area contributed by atoms with Crippen molar-refractivity contribution in [3.63, 3.8) is 0 Å². The summed E-state index contributed by atoms with van der Waals surface area (Å²) in [6.07, 6.45) is 0. The summed E-state index contributed by atoms with van der Waals surface area (Å²) < 4.78 is 25.6. The lowest BCUT2D eigenvalue weighted by molar-refractivity contribution is 0.0170. The summed E-state index contributed by atoms with van der Waals surface area (Å²) in [4.78, 5) is 6.74. The summed E-state index contributed by atoms with van der Waals surface area (Å²) in [7, 11) is 0. The Morgan fingerprint density at radius 2 is 1.62 bits per heavy atom. The number of halogens is 4. The van der Waals surface area contributed by atoms with Gasteiger partial charge in [-0.2, -0.15) is 0 Å². The number of nitrogen functional groups attached to an aromatic ring is 1. The number of aromatic nitrogens is 2. The number of anilines is 1. The molecule has 0 unspecified atom stereocenters. The molecule has 0 aliphatic rings. The van der Waals surface area contributed by atoms with Crippen LogP contribution in [-0.4, -0.2) is 9.97 Å². The van der Waals surface area contributed by atoms with Crippen LogP contribution in [0.25, 0.3) is 0 Å². The molecule has 0 aliphatic carbocycles. The van der Waals surface area contributed by atoms with Crippen molar-refractivity contribution >= 4 is 29.2 Å². The van der Waals surface area contributed by atoms with Crippen molar-refractivity contribution in [3.8, 4) is 0 Å². The quantitative estimate of drug-likeness (QED) is 0.751.